The molecular formula is C14H8Cl2N2O2. The van der Waals surface area contributed by atoms with E-state index in [2.05, 4.69) is 0 Å². The van der Waals surface area contributed by atoms with Crippen LogP contribution in [0.2, 0.25) is 0 Å². The highest BCUT2D eigenvalue weighted by Gasteiger charge is 2.74. The Morgan fingerprint density at radius 3 is 1.55 bits per heavy atom. The molecule has 0 saturated heterocycles. The van der Waals surface area contributed by atoms with Crippen LogP contribution < -0.4 is 0 Å². The molecule has 0 aromatic heterocycles. The summed E-state index contributed by atoms with van der Waals surface area (Å²) in [6.45, 7) is 0. The van der Waals surface area contributed by atoms with Crippen molar-refractivity contribution in [1.29, 1.82) is 10.5 Å². The first-order valence-electron chi connectivity index (χ1n) is 6.13. The van der Waals surface area contributed by atoms with Crippen LogP contribution in [-0.4, -0.2) is 11.6 Å². The second-order valence-corrected chi connectivity index (χ2v) is 6.06. The quantitative estimate of drug-likeness (QED) is 0.644. The molecule has 4 nitrogen and oxygen atoms in total. The maximum atomic E-state index is 12.6. The number of ketones is 2. The number of nitrogens with zero attached hydrogens (tertiary/aromatic N) is 2. The molecule has 0 N–H and O–H groups in total. The van der Waals surface area contributed by atoms with Gasteiger partial charge in [-0.05, 0) is 12.8 Å². The molecular weight excluding hydrogens is 299 g/mol. The maximum absolute atomic E-state index is 12.6. The highest BCUT2D eigenvalue weighted by atomic mass is 35.5. The van der Waals surface area contributed by atoms with Gasteiger partial charge in [-0.2, -0.15) is 10.5 Å². The van der Waals surface area contributed by atoms with E-state index in [9.17, 15) is 20.1 Å². The number of halogens is 2. The van der Waals surface area contributed by atoms with Crippen molar-refractivity contribution in [1.82, 2.24) is 0 Å². The minimum absolute atomic E-state index is 0.426. The molecule has 0 aromatic rings. The summed E-state index contributed by atoms with van der Waals surface area (Å²) in [5.74, 6) is -2.36. The van der Waals surface area contributed by atoms with Gasteiger partial charge >= 0.3 is 0 Å². The molecule has 4 atom stereocenters. The standard InChI is InChI=1S/C14H8Cl2N2O2/c15-9-10(16)12(20)14(6-18)8-2-1-7(3-4-8)13(14,5-17)11(9)19/h1-2,7-8H,3-4H2. The van der Waals surface area contributed by atoms with Crippen LogP contribution in [0.4, 0.5) is 0 Å². The van der Waals surface area contributed by atoms with E-state index in [0.29, 0.717) is 12.8 Å². The first-order chi connectivity index (χ1) is 9.47. The van der Waals surface area contributed by atoms with Crippen molar-refractivity contribution in [2.75, 3.05) is 0 Å². The molecule has 6 heteroatoms. The van der Waals surface area contributed by atoms with Crippen LogP contribution in [-0.2, 0) is 9.59 Å². The molecule has 0 radical (unpaired) electrons. The smallest absolute Gasteiger partial charge is 0.198 e. The highest BCUT2D eigenvalue weighted by Crippen LogP contribution is 2.64. The van der Waals surface area contributed by atoms with Gasteiger partial charge < -0.3 is 0 Å². The van der Waals surface area contributed by atoms with Crippen LogP contribution in [0.3, 0.4) is 0 Å². The zero-order valence-electron chi connectivity index (χ0n) is 10.2. The van der Waals surface area contributed by atoms with Crippen LogP contribution in [0, 0.1) is 45.3 Å². The summed E-state index contributed by atoms with van der Waals surface area (Å²) in [6.07, 6.45) is 4.67. The Kier molecular flexibility index (Phi) is 2.64. The van der Waals surface area contributed by atoms with E-state index in [-0.39, 0.29) is 0 Å². The molecule has 2 bridgehead atoms. The van der Waals surface area contributed by atoms with Crippen molar-refractivity contribution in [3.05, 3.63) is 22.2 Å². The third-order valence-electron chi connectivity index (χ3n) is 4.76. The number of fused-ring (bicyclic) bond motifs is 1. The lowest BCUT2D eigenvalue weighted by Crippen LogP contribution is -2.64. The largest absolute Gasteiger partial charge is 0.291 e. The summed E-state index contributed by atoms with van der Waals surface area (Å²) >= 11 is 11.7. The first kappa shape index (κ1) is 13.4. The predicted octanol–water partition coefficient (Wildman–Crippen LogP) is 2.44. The number of nitriles is 2. The SMILES string of the molecule is N#CC12C(=O)C(Cl)=C(Cl)C(=O)C1(C#N)C1C=CC2CC1. The number of rotatable bonds is 0. The molecule has 1 saturated carbocycles. The van der Waals surface area contributed by atoms with E-state index in [1.54, 1.807) is 12.2 Å². The van der Waals surface area contributed by atoms with Crippen molar-refractivity contribution >= 4 is 34.8 Å². The van der Waals surface area contributed by atoms with Gasteiger partial charge in [0, 0.05) is 11.8 Å². The lowest BCUT2D eigenvalue weighted by atomic mass is 9.42. The Morgan fingerprint density at radius 1 is 0.950 bits per heavy atom. The van der Waals surface area contributed by atoms with Crippen LogP contribution in [0.5, 0.6) is 0 Å². The summed E-state index contributed by atoms with van der Waals surface area (Å²) in [6, 6.07) is 3.90. The van der Waals surface area contributed by atoms with E-state index in [1.165, 1.54) is 0 Å². The molecule has 4 aliphatic rings. The van der Waals surface area contributed by atoms with Crippen molar-refractivity contribution in [3.8, 4) is 12.1 Å². The molecule has 100 valence electrons. The van der Waals surface area contributed by atoms with E-state index in [0.717, 1.165) is 0 Å². The molecule has 0 aromatic carbocycles. The van der Waals surface area contributed by atoms with Crippen molar-refractivity contribution in [2.45, 2.75) is 12.8 Å². The summed E-state index contributed by atoms with van der Waals surface area (Å²) in [7, 11) is 0. The fourth-order valence-electron chi connectivity index (χ4n) is 3.81. The topological polar surface area (TPSA) is 81.7 Å². The number of allylic oxidation sites excluding steroid dienone is 4. The molecule has 0 spiro atoms. The minimum Gasteiger partial charge on any atom is -0.291 e. The van der Waals surface area contributed by atoms with Gasteiger partial charge in [0.25, 0.3) is 0 Å². The lowest BCUT2D eigenvalue weighted by Gasteiger charge is -2.54. The van der Waals surface area contributed by atoms with E-state index in [1.807, 2.05) is 12.1 Å². The number of Topliss-reactive ketones (excluding diaryl/α,β-unsaturated/α-hetero) is 2. The second kappa shape index (κ2) is 3.95. The number of carbonyl (C=O) groups excluding carboxylic acids is 2. The van der Waals surface area contributed by atoms with Gasteiger partial charge in [0.2, 0.25) is 0 Å². The van der Waals surface area contributed by atoms with Crippen molar-refractivity contribution < 1.29 is 9.59 Å². The van der Waals surface area contributed by atoms with Gasteiger partial charge in [-0.1, -0.05) is 35.4 Å². The summed E-state index contributed by atoms with van der Waals surface area (Å²) in [4.78, 5) is 25.2. The minimum atomic E-state index is -1.74. The van der Waals surface area contributed by atoms with Crippen molar-refractivity contribution in [3.63, 3.8) is 0 Å². The zero-order valence-corrected chi connectivity index (χ0v) is 11.7. The average molecular weight is 307 g/mol. The van der Waals surface area contributed by atoms with E-state index in [4.69, 9.17) is 23.2 Å². The fraction of sp³-hybridized carbons (Fsp3) is 0.429. The first-order valence-corrected chi connectivity index (χ1v) is 6.88. The Balaban J connectivity index is 2.44. The third-order valence-corrected chi connectivity index (χ3v) is 5.58. The summed E-state index contributed by atoms with van der Waals surface area (Å²) in [5.41, 5.74) is -3.49. The van der Waals surface area contributed by atoms with Gasteiger partial charge in [-0.15, -0.1) is 0 Å². The van der Waals surface area contributed by atoms with E-state index < -0.39 is 44.3 Å². The summed E-state index contributed by atoms with van der Waals surface area (Å²) in [5, 5.41) is 18.5. The molecule has 0 heterocycles. The van der Waals surface area contributed by atoms with Gasteiger partial charge in [0.1, 0.15) is 10.1 Å². The van der Waals surface area contributed by atoms with Crippen LogP contribution >= 0.6 is 23.2 Å². The average Bonchev–Trinajstić information content (AvgIpc) is 2.50. The lowest BCUT2D eigenvalue weighted by molar-refractivity contribution is -0.148. The molecule has 0 amide bonds. The highest BCUT2D eigenvalue weighted by molar-refractivity contribution is 6.57. The molecule has 0 aliphatic heterocycles. The van der Waals surface area contributed by atoms with Gasteiger partial charge in [0.05, 0.1) is 12.1 Å². The van der Waals surface area contributed by atoms with Crippen LogP contribution in [0.15, 0.2) is 22.2 Å². The third kappa shape index (κ3) is 1.10. The second-order valence-electron chi connectivity index (χ2n) is 5.30. The number of hydrogen-bond donors (Lipinski definition) is 0. The van der Waals surface area contributed by atoms with Crippen LogP contribution in [0.1, 0.15) is 12.8 Å². The summed E-state index contributed by atoms with van der Waals surface area (Å²) < 4.78 is 0. The van der Waals surface area contributed by atoms with Crippen molar-refractivity contribution in [2.24, 2.45) is 22.7 Å². The Labute approximate surface area is 125 Å². The fourth-order valence-corrected chi connectivity index (χ4v) is 4.28. The molecule has 1 fully saturated rings. The zero-order chi connectivity index (χ0) is 14.7. The molecule has 4 unspecified atom stereocenters. The van der Waals surface area contributed by atoms with E-state index >= 15 is 0 Å². The van der Waals surface area contributed by atoms with Gasteiger partial charge in [-0.25, -0.2) is 0 Å². The number of hydrogen-bond acceptors (Lipinski definition) is 4. The monoisotopic (exact) mass is 306 g/mol. The molecule has 4 aliphatic carbocycles. The predicted molar refractivity (Wildman–Crippen MR) is 70.2 cm³/mol. The van der Waals surface area contributed by atoms with Gasteiger partial charge in [0.15, 0.2) is 22.4 Å². The van der Waals surface area contributed by atoms with Crippen LogP contribution in [0.25, 0.3) is 0 Å². The molecule has 4 rings (SSSR count). The normalized spacial score (nSPS) is 42.2. The maximum Gasteiger partial charge on any atom is 0.198 e. The Bertz CT molecular complexity index is 639. The van der Waals surface area contributed by atoms with Gasteiger partial charge in [-0.3, -0.25) is 9.59 Å². The Morgan fingerprint density at radius 2 is 1.30 bits per heavy atom. The number of carbonyl (C=O) groups is 2. The Hall–Kier alpha value is -1.62. The molecule has 20 heavy (non-hydrogen) atoms.